The van der Waals surface area contributed by atoms with Crippen LogP contribution in [0.25, 0.3) is 0 Å². The molecule has 0 saturated heterocycles. The maximum Gasteiger partial charge on any atom is 0.186 e. The second kappa shape index (κ2) is 5.40. The zero-order valence-electron chi connectivity index (χ0n) is 10.8. The predicted molar refractivity (Wildman–Crippen MR) is 65.3 cm³/mol. The molecule has 0 aromatic carbocycles. The van der Waals surface area contributed by atoms with Crippen molar-refractivity contribution in [3.8, 4) is 0 Å². The Labute approximate surface area is 101 Å². The molecule has 96 valence electrons. The lowest BCUT2D eigenvalue weighted by atomic mass is 9.89. The Balaban J connectivity index is 2.53. The molecule has 1 unspecified atom stereocenters. The van der Waals surface area contributed by atoms with Crippen LogP contribution in [0.5, 0.6) is 0 Å². The summed E-state index contributed by atoms with van der Waals surface area (Å²) in [5, 5.41) is 12.6. The van der Waals surface area contributed by atoms with Gasteiger partial charge in [-0.15, -0.1) is 0 Å². The highest BCUT2D eigenvalue weighted by atomic mass is 19.1. The first-order valence-electron chi connectivity index (χ1n) is 5.68. The Kier molecular flexibility index (Phi) is 4.40. The normalized spacial score (nSPS) is 13.5. The fourth-order valence-electron chi connectivity index (χ4n) is 1.57. The lowest BCUT2D eigenvalue weighted by Gasteiger charge is -2.22. The van der Waals surface area contributed by atoms with Crippen molar-refractivity contribution in [2.45, 2.75) is 40.2 Å². The number of nitrogens with one attached hydrogen (secondary N) is 1. The van der Waals surface area contributed by atoms with Crippen molar-refractivity contribution in [2.75, 3.05) is 11.9 Å². The highest BCUT2D eigenvalue weighted by Gasteiger charge is 2.17. The molecule has 0 saturated carbocycles. The molecule has 0 amide bonds. The van der Waals surface area contributed by atoms with Gasteiger partial charge in [-0.25, -0.2) is 14.4 Å². The first-order valence-corrected chi connectivity index (χ1v) is 5.68. The fourth-order valence-corrected chi connectivity index (χ4v) is 1.57. The molecule has 0 fully saturated rings. The van der Waals surface area contributed by atoms with Crippen molar-refractivity contribution in [2.24, 2.45) is 5.41 Å². The standard InChI is InChI=1S/C12H20FN3O/c1-8-10(13)11(16-7-15-8)14-6-9(17)5-12(2,3)4/h7,9,17H,5-6H2,1-4H3,(H,14,15,16). The van der Waals surface area contributed by atoms with E-state index in [4.69, 9.17) is 0 Å². The number of aliphatic hydroxyl groups is 1. The molecular formula is C12H20FN3O. The van der Waals surface area contributed by atoms with Gasteiger partial charge in [0.25, 0.3) is 0 Å². The Morgan fingerprint density at radius 3 is 2.65 bits per heavy atom. The molecule has 5 heteroatoms. The maximum atomic E-state index is 13.5. The summed E-state index contributed by atoms with van der Waals surface area (Å²) in [4.78, 5) is 7.54. The van der Waals surface area contributed by atoms with Gasteiger partial charge in [-0.05, 0) is 18.8 Å². The number of hydrogen-bond donors (Lipinski definition) is 2. The van der Waals surface area contributed by atoms with Crippen LogP contribution in [0.2, 0.25) is 0 Å². The van der Waals surface area contributed by atoms with Crippen molar-refractivity contribution in [3.05, 3.63) is 17.8 Å². The molecular weight excluding hydrogens is 221 g/mol. The SMILES string of the molecule is Cc1ncnc(NCC(O)CC(C)(C)C)c1F. The number of aryl methyl sites for hydroxylation is 1. The third kappa shape index (κ3) is 4.65. The summed E-state index contributed by atoms with van der Waals surface area (Å²) in [5.41, 5.74) is 0.342. The van der Waals surface area contributed by atoms with Crippen LogP contribution in [0.1, 0.15) is 32.9 Å². The monoisotopic (exact) mass is 241 g/mol. The van der Waals surface area contributed by atoms with E-state index in [9.17, 15) is 9.50 Å². The van der Waals surface area contributed by atoms with Gasteiger partial charge in [-0.1, -0.05) is 20.8 Å². The number of anilines is 1. The van der Waals surface area contributed by atoms with Crippen LogP contribution in [0.4, 0.5) is 10.2 Å². The van der Waals surface area contributed by atoms with Crippen molar-refractivity contribution in [1.82, 2.24) is 9.97 Å². The molecule has 1 aromatic rings. The van der Waals surface area contributed by atoms with Gasteiger partial charge in [0.2, 0.25) is 0 Å². The summed E-state index contributed by atoms with van der Waals surface area (Å²) in [7, 11) is 0. The molecule has 0 bridgehead atoms. The molecule has 17 heavy (non-hydrogen) atoms. The topological polar surface area (TPSA) is 58.0 Å². The molecule has 0 radical (unpaired) electrons. The summed E-state index contributed by atoms with van der Waals surface area (Å²) in [6.07, 6.45) is 1.42. The van der Waals surface area contributed by atoms with Crippen LogP contribution in [-0.2, 0) is 0 Å². The molecule has 0 aliphatic carbocycles. The van der Waals surface area contributed by atoms with Crippen molar-refractivity contribution in [3.63, 3.8) is 0 Å². The summed E-state index contributed by atoms with van der Waals surface area (Å²) < 4.78 is 13.5. The number of nitrogens with zero attached hydrogens (tertiary/aromatic N) is 2. The second-order valence-electron chi connectivity index (χ2n) is 5.42. The quantitative estimate of drug-likeness (QED) is 0.848. The lowest BCUT2D eigenvalue weighted by Crippen LogP contribution is -2.25. The number of hydrogen-bond acceptors (Lipinski definition) is 4. The van der Waals surface area contributed by atoms with E-state index in [1.165, 1.54) is 6.33 Å². The van der Waals surface area contributed by atoms with Crippen molar-refractivity contribution < 1.29 is 9.50 Å². The van der Waals surface area contributed by atoms with Crippen LogP contribution < -0.4 is 5.32 Å². The van der Waals surface area contributed by atoms with E-state index < -0.39 is 11.9 Å². The number of aromatic nitrogens is 2. The van der Waals surface area contributed by atoms with Gasteiger partial charge in [-0.2, -0.15) is 0 Å². The predicted octanol–water partition coefficient (Wildman–Crippen LogP) is 2.13. The summed E-state index contributed by atoms with van der Waals surface area (Å²) in [6, 6.07) is 0. The van der Waals surface area contributed by atoms with E-state index in [2.05, 4.69) is 15.3 Å². The average molecular weight is 241 g/mol. The van der Waals surface area contributed by atoms with E-state index >= 15 is 0 Å². The Morgan fingerprint density at radius 2 is 2.06 bits per heavy atom. The number of halogens is 1. The van der Waals surface area contributed by atoms with Crippen LogP contribution in [-0.4, -0.2) is 27.7 Å². The minimum Gasteiger partial charge on any atom is -0.391 e. The van der Waals surface area contributed by atoms with E-state index in [1.807, 2.05) is 20.8 Å². The Morgan fingerprint density at radius 1 is 1.41 bits per heavy atom. The maximum absolute atomic E-state index is 13.5. The van der Waals surface area contributed by atoms with Crippen LogP contribution in [0.15, 0.2) is 6.33 Å². The van der Waals surface area contributed by atoms with Gasteiger partial charge in [-0.3, -0.25) is 0 Å². The van der Waals surface area contributed by atoms with Crippen LogP contribution in [0.3, 0.4) is 0 Å². The Bertz CT molecular complexity index is 377. The van der Waals surface area contributed by atoms with Gasteiger partial charge in [0.15, 0.2) is 11.6 Å². The van der Waals surface area contributed by atoms with E-state index in [-0.39, 0.29) is 17.8 Å². The fraction of sp³-hybridized carbons (Fsp3) is 0.667. The third-order valence-corrected chi connectivity index (χ3v) is 2.32. The van der Waals surface area contributed by atoms with Crippen LogP contribution in [0, 0.1) is 18.2 Å². The first-order chi connectivity index (χ1) is 7.79. The van der Waals surface area contributed by atoms with Gasteiger partial charge in [0.05, 0.1) is 11.8 Å². The molecule has 1 aromatic heterocycles. The molecule has 0 aliphatic heterocycles. The zero-order valence-corrected chi connectivity index (χ0v) is 10.8. The zero-order chi connectivity index (χ0) is 13.1. The minimum atomic E-state index is -0.523. The van der Waals surface area contributed by atoms with Gasteiger partial charge in [0, 0.05) is 6.54 Å². The first kappa shape index (κ1) is 13.8. The molecule has 1 rings (SSSR count). The van der Waals surface area contributed by atoms with E-state index in [1.54, 1.807) is 6.92 Å². The highest BCUT2D eigenvalue weighted by Crippen LogP contribution is 2.21. The average Bonchev–Trinajstić information content (AvgIpc) is 2.18. The molecule has 0 spiro atoms. The molecule has 4 nitrogen and oxygen atoms in total. The van der Waals surface area contributed by atoms with Crippen molar-refractivity contribution in [1.29, 1.82) is 0 Å². The molecule has 0 aliphatic rings. The molecule has 2 N–H and O–H groups in total. The Hall–Kier alpha value is -1.23. The second-order valence-corrected chi connectivity index (χ2v) is 5.42. The minimum absolute atomic E-state index is 0.0429. The largest absolute Gasteiger partial charge is 0.391 e. The lowest BCUT2D eigenvalue weighted by molar-refractivity contribution is 0.132. The van der Waals surface area contributed by atoms with Crippen molar-refractivity contribution >= 4 is 5.82 Å². The van der Waals surface area contributed by atoms with Crippen LogP contribution >= 0.6 is 0 Å². The molecule has 1 atom stereocenters. The number of rotatable bonds is 4. The summed E-state index contributed by atoms with van der Waals surface area (Å²) in [5.74, 6) is -0.319. The van der Waals surface area contributed by atoms with Gasteiger partial charge >= 0.3 is 0 Å². The third-order valence-electron chi connectivity index (χ3n) is 2.32. The van der Waals surface area contributed by atoms with E-state index in [0.717, 1.165) is 0 Å². The molecule has 1 heterocycles. The summed E-state index contributed by atoms with van der Waals surface area (Å²) >= 11 is 0. The smallest absolute Gasteiger partial charge is 0.186 e. The van der Waals surface area contributed by atoms with Gasteiger partial charge < -0.3 is 10.4 Å². The van der Waals surface area contributed by atoms with Gasteiger partial charge in [0.1, 0.15) is 6.33 Å². The highest BCUT2D eigenvalue weighted by molar-refractivity contribution is 5.36. The number of aliphatic hydroxyl groups excluding tert-OH is 1. The summed E-state index contributed by atoms with van der Waals surface area (Å²) in [6.45, 7) is 8.00. The van der Waals surface area contributed by atoms with E-state index in [0.29, 0.717) is 12.1 Å².